The van der Waals surface area contributed by atoms with E-state index in [-0.39, 0.29) is 0 Å². The van der Waals surface area contributed by atoms with Crippen LogP contribution in [0.1, 0.15) is 51.1 Å². The highest BCUT2D eigenvalue weighted by Crippen LogP contribution is 2.27. The van der Waals surface area contributed by atoms with Gasteiger partial charge >= 0.3 is 0 Å². The zero-order chi connectivity index (χ0) is 11.4. The molecular weight excluding hydrogens is 198 g/mol. The van der Waals surface area contributed by atoms with Crippen LogP contribution in [0.4, 0.5) is 5.82 Å². The van der Waals surface area contributed by atoms with Gasteiger partial charge in [-0.2, -0.15) is 0 Å². The fraction of sp³-hybridized carbons (Fsp3) is 0.769. The van der Waals surface area contributed by atoms with E-state index >= 15 is 0 Å². The summed E-state index contributed by atoms with van der Waals surface area (Å²) < 4.78 is 2.08. The second-order valence-corrected chi connectivity index (χ2v) is 4.98. The van der Waals surface area contributed by atoms with Gasteiger partial charge in [0.15, 0.2) is 0 Å². The normalized spacial score (nSPS) is 17.8. The monoisotopic (exact) mass is 221 g/mol. The van der Waals surface area contributed by atoms with E-state index in [0.717, 1.165) is 36.8 Å². The lowest BCUT2D eigenvalue weighted by molar-refractivity contribution is 0.355. The molecule has 16 heavy (non-hydrogen) atoms. The van der Waals surface area contributed by atoms with Gasteiger partial charge in [0.2, 0.25) is 0 Å². The summed E-state index contributed by atoms with van der Waals surface area (Å²) in [4.78, 5) is 4.47. The summed E-state index contributed by atoms with van der Waals surface area (Å²) in [7, 11) is 0. The highest BCUT2D eigenvalue weighted by Gasteiger charge is 2.17. The van der Waals surface area contributed by atoms with Gasteiger partial charge in [0.25, 0.3) is 0 Å². The molecule has 1 heterocycles. The maximum atomic E-state index is 6.11. The third-order valence-corrected chi connectivity index (χ3v) is 3.63. The molecule has 2 N–H and O–H groups in total. The Balaban J connectivity index is 1.97. The summed E-state index contributed by atoms with van der Waals surface area (Å²) in [6.45, 7) is 3.16. The molecule has 0 aliphatic heterocycles. The Labute approximate surface area is 98.1 Å². The molecule has 3 nitrogen and oxygen atoms in total. The van der Waals surface area contributed by atoms with Crippen LogP contribution >= 0.6 is 0 Å². The Morgan fingerprint density at radius 2 is 2.12 bits per heavy atom. The van der Waals surface area contributed by atoms with Crippen LogP contribution in [-0.2, 0) is 13.0 Å². The lowest BCUT2D eigenvalue weighted by Crippen LogP contribution is -2.11. The Morgan fingerprint density at radius 3 is 2.81 bits per heavy atom. The topological polar surface area (TPSA) is 43.8 Å². The van der Waals surface area contributed by atoms with Crippen molar-refractivity contribution >= 4 is 5.82 Å². The molecule has 1 saturated carbocycles. The molecule has 1 aromatic rings. The van der Waals surface area contributed by atoms with Gasteiger partial charge in [-0.25, -0.2) is 4.98 Å². The number of aromatic nitrogens is 2. The van der Waals surface area contributed by atoms with Gasteiger partial charge in [-0.05, 0) is 18.8 Å². The fourth-order valence-corrected chi connectivity index (χ4v) is 2.67. The van der Waals surface area contributed by atoms with Crippen molar-refractivity contribution in [2.24, 2.45) is 5.92 Å². The molecule has 1 aliphatic carbocycles. The molecule has 1 fully saturated rings. The highest BCUT2D eigenvalue weighted by molar-refractivity contribution is 5.36. The summed E-state index contributed by atoms with van der Waals surface area (Å²) in [5.74, 6) is 1.72. The molecule has 1 aromatic heterocycles. The van der Waals surface area contributed by atoms with E-state index in [1.54, 1.807) is 0 Å². The lowest BCUT2D eigenvalue weighted by Gasteiger charge is -2.20. The van der Waals surface area contributed by atoms with Gasteiger partial charge in [-0.1, -0.05) is 39.0 Å². The number of hydrogen-bond acceptors (Lipinski definition) is 2. The number of nitrogens with two attached hydrogens (primary N) is 1. The van der Waals surface area contributed by atoms with E-state index in [1.807, 2.05) is 6.33 Å². The molecule has 0 spiro atoms. The van der Waals surface area contributed by atoms with Crippen molar-refractivity contribution in [2.45, 2.75) is 58.4 Å². The number of nitrogens with zero attached hydrogens (tertiary/aromatic N) is 2. The highest BCUT2D eigenvalue weighted by atomic mass is 15.1. The average Bonchev–Trinajstić information content (AvgIpc) is 2.64. The van der Waals surface area contributed by atoms with Crippen LogP contribution in [-0.4, -0.2) is 9.55 Å². The van der Waals surface area contributed by atoms with Crippen molar-refractivity contribution in [3.8, 4) is 0 Å². The van der Waals surface area contributed by atoms with Crippen molar-refractivity contribution in [2.75, 3.05) is 5.73 Å². The number of rotatable bonds is 4. The van der Waals surface area contributed by atoms with E-state index in [1.165, 1.54) is 32.1 Å². The lowest BCUT2D eigenvalue weighted by atomic mass is 9.86. The quantitative estimate of drug-likeness (QED) is 0.849. The van der Waals surface area contributed by atoms with Crippen molar-refractivity contribution in [3.05, 3.63) is 12.0 Å². The minimum absolute atomic E-state index is 0.820. The summed E-state index contributed by atoms with van der Waals surface area (Å²) in [6.07, 6.45) is 11.0. The SMILES string of the molecule is CCCn1cnc(CC2CCCCC2)c1N. The van der Waals surface area contributed by atoms with E-state index in [9.17, 15) is 0 Å². The second-order valence-electron chi connectivity index (χ2n) is 4.98. The first kappa shape index (κ1) is 11.5. The first-order chi connectivity index (χ1) is 7.81. The first-order valence-corrected chi connectivity index (χ1v) is 6.60. The van der Waals surface area contributed by atoms with Crippen LogP contribution in [0.15, 0.2) is 6.33 Å². The van der Waals surface area contributed by atoms with Crippen LogP contribution in [0.5, 0.6) is 0 Å². The molecule has 0 atom stereocenters. The number of aryl methyl sites for hydroxylation is 1. The number of hydrogen-bond donors (Lipinski definition) is 1. The van der Waals surface area contributed by atoms with E-state index < -0.39 is 0 Å². The summed E-state index contributed by atoms with van der Waals surface area (Å²) in [5.41, 5.74) is 7.23. The van der Waals surface area contributed by atoms with Gasteiger partial charge in [-0.3, -0.25) is 0 Å². The van der Waals surface area contributed by atoms with E-state index in [4.69, 9.17) is 5.73 Å². The largest absolute Gasteiger partial charge is 0.384 e. The molecule has 0 saturated heterocycles. The molecule has 2 rings (SSSR count). The zero-order valence-corrected chi connectivity index (χ0v) is 10.3. The molecule has 1 aliphatic rings. The van der Waals surface area contributed by atoms with E-state index in [2.05, 4.69) is 16.5 Å². The first-order valence-electron chi connectivity index (χ1n) is 6.60. The zero-order valence-electron chi connectivity index (χ0n) is 10.3. The molecule has 0 aromatic carbocycles. The smallest absolute Gasteiger partial charge is 0.126 e. The molecular formula is C13H23N3. The Morgan fingerprint density at radius 1 is 1.38 bits per heavy atom. The predicted octanol–water partition coefficient (Wildman–Crippen LogP) is 3.00. The Hall–Kier alpha value is -0.990. The summed E-state index contributed by atoms with van der Waals surface area (Å²) in [6, 6.07) is 0. The molecule has 90 valence electrons. The van der Waals surface area contributed by atoms with Gasteiger partial charge in [-0.15, -0.1) is 0 Å². The van der Waals surface area contributed by atoms with Crippen LogP contribution in [0.3, 0.4) is 0 Å². The van der Waals surface area contributed by atoms with Gasteiger partial charge in [0, 0.05) is 6.54 Å². The number of imidazole rings is 1. The van der Waals surface area contributed by atoms with Crippen molar-refractivity contribution in [3.63, 3.8) is 0 Å². The van der Waals surface area contributed by atoms with Gasteiger partial charge < -0.3 is 10.3 Å². The van der Waals surface area contributed by atoms with Gasteiger partial charge in [0.05, 0.1) is 12.0 Å². The summed E-state index contributed by atoms with van der Waals surface area (Å²) in [5, 5.41) is 0. The van der Waals surface area contributed by atoms with Crippen LogP contribution in [0.25, 0.3) is 0 Å². The second kappa shape index (κ2) is 5.37. The minimum Gasteiger partial charge on any atom is -0.384 e. The average molecular weight is 221 g/mol. The fourth-order valence-electron chi connectivity index (χ4n) is 2.67. The summed E-state index contributed by atoms with van der Waals surface area (Å²) >= 11 is 0. The van der Waals surface area contributed by atoms with Crippen LogP contribution < -0.4 is 5.73 Å². The standard InChI is InChI=1S/C13H23N3/c1-2-8-16-10-15-12(13(16)14)9-11-6-4-3-5-7-11/h10-11H,2-9,14H2,1H3. The van der Waals surface area contributed by atoms with Crippen molar-refractivity contribution < 1.29 is 0 Å². The molecule has 0 bridgehead atoms. The third kappa shape index (κ3) is 2.57. The maximum Gasteiger partial charge on any atom is 0.126 e. The van der Waals surface area contributed by atoms with Crippen LogP contribution in [0.2, 0.25) is 0 Å². The van der Waals surface area contributed by atoms with Gasteiger partial charge in [0.1, 0.15) is 5.82 Å². The minimum atomic E-state index is 0.820. The number of nitrogen functional groups attached to an aromatic ring is 1. The molecule has 3 heteroatoms. The maximum absolute atomic E-state index is 6.11. The molecule has 0 unspecified atom stereocenters. The Kier molecular flexibility index (Phi) is 3.86. The number of anilines is 1. The van der Waals surface area contributed by atoms with Crippen LogP contribution in [0, 0.1) is 5.92 Å². The molecule has 0 radical (unpaired) electrons. The van der Waals surface area contributed by atoms with E-state index in [0.29, 0.717) is 0 Å². The predicted molar refractivity (Wildman–Crippen MR) is 67.2 cm³/mol. The third-order valence-electron chi connectivity index (χ3n) is 3.63. The van der Waals surface area contributed by atoms with Crippen molar-refractivity contribution in [1.29, 1.82) is 0 Å². The van der Waals surface area contributed by atoms with Crippen molar-refractivity contribution in [1.82, 2.24) is 9.55 Å². The molecule has 0 amide bonds. The Bertz CT molecular complexity index is 324.